The summed E-state index contributed by atoms with van der Waals surface area (Å²) in [7, 11) is -3.35. The number of hydrogen-bond donors (Lipinski definition) is 0. The number of hydrogen-bond acceptors (Lipinski definition) is 4. The van der Waals surface area contributed by atoms with Crippen molar-refractivity contribution < 1.29 is 13.2 Å². The van der Waals surface area contributed by atoms with Gasteiger partial charge in [0.2, 0.25) is 0 Å². The van der Waals surface area contributed by atoms with Crippen molar-refractivity contribution in [3.63, 3.8) is 0 Å². The van der Waals surface area contributed by atoms with Crippen LogP contribution >= 0.6 is 34.5 Å². The van der Waals surface area contributed by atoms with Crippen LogP contribution in [0.25, 0.3) is 0 Å². The number of carbonyl (C=O) groups excluding carboxylic acids is 1. The van der Waals surface area contributed by atoms with E-state index in [2.05, 4.69) is 0 Å². The summed E-state index contributed by atoms with van der Waals surface area (Å²) in [6, 6.07) is 7.31. The molecule has 0 saturated carbocycles. The Balaban J connectivity index is 2.48. The Bertz CT molecular complexity index is 748. The van der Waals surface area contributed by atoms with Crippen molar-refractivity contribution in [3.05, 3.63) is 50.1 Å². The summed E-state index contributed by atoms with van der Waals surface area (Å²) in [4.78, 5) is 12.3. The lowest BCUT2D eigenvalue weighted by atomic mass is 10.1. The number of rotatable bonds is 3. The van der Waals surface area contributed by atoms with Crippen molar-refractivity contribution >= 4 is 50.2 Å². The lowest BCUT2D eigenvalue weighted by Crippen LogP contribution is -2.03. The Labute approximate surface area is 124 Å². The lowest BCUT2D eigenvalue weighted by molar-refractivity contribution is 0.103. The minimum atomic E-state index is -3.35. The second-order valence-electron chi connectivity index (χ2n) is 3.87. The van der Waals surface area contributed by atoms with E-state index in [-0.39, 0.29) is 21.8 Å². The molecule has 1 heterocycles. The fourth-order valence-electron chi connectivity index (χ4n) is 1.52. The van der Waals surface area contributed by atoms with Gasteiger partial charge in [-0.2, -0.15) is 0 Å². The molecule has 0 aliphatic carbocycles. The van der Waals surface area contributed by atoms with Gasteiger partial charge >= 0.3 is 0 Å². The van der Waals surface area contributed by atoms with Crippen LogP contribution in [-0.2, 0) is 9.84 Å². The quantitative estimate of drug-likeness (QED) is 0.804. The van der Waals surface area contributed by atoms with Crippen LogP contribution in [-0.4, -0.2) is 20.5 Å². The highest BCUT2D eigenvalue weighted by Crippen LogP contribution is 2.32. The van der Waals surface area contributed by atoms with Gasteiger partial charge < -0.3 is 0 Å². The first-order valence-electron chi connectivity index (χ1n) is 5.08. The Morgan fingerprint density at radius 1 is 1.21 bits per heavy atom. The number of benzene rings is 1. The Kier molecular flexibility index (Phi) is 4.01. The van der Waals surface area contributed by atoms with Crippen LogP contribution in [0, 0.1) is 0 Å². The molecule has 0 amide bonds. The summed E-state index contributed by atoms with van der Waals surface area (Å²) in [6.45, 7) is 0. The fourth-order valence-corrected chi connectivity index (χ4v) is 3.64. The van der Waals surface area contributed by atoms with E-state index in [1.54, 1.807) is 6.07 Å². The third-order valence-electron chi connectivity index (χ3n) is 2.43. The molecular formula is C12H8Cl2O3S2. The van der Waals surface area contributed by atoms with Crippen molar-refractivity contribution in [2.75, 3.05) is 6.26 Å². The van der Waals surface area contributed by atoms with E-state index in [1.807, 2.05) is 0 Å². The van der Waals surface area contributed by atoms with Crippen molar-refractivity contribution in [2.45, 2.75) is 4.90 Å². The van der Waals surface area contributed by atoms with Crippen molar-refractivity contribution in [1.82, 2.24) is 0 Å². The van der Waals surface area contributed by atoms with Gasteiger partial charge in [0.1, 0.15) is 4.34 Å². The van der Waals surface area contributed by atoms with E-state index in [9.17, 15) is 13.2 Å². The Hall–Kier alpha value is -0.880. The summed E-state index contributed by atoms with van der Waals surface area (Å²) in [6.07, 6.45) is 1.09. The molecule has 1 aromatic heterocycles. The number of sulfone groups is 1. The topological polar surface area (TPSA) is 51.2 Å². The fraction of sp³-hybridized carbons (Fsp3) is 0.0833. The zero-order valence-electron chi connectivity index (χ0n) is 9.68. The van der Waals surface area contributed by atoms with Gasteiger partial charge in [-0.1, -0.05) is 35.3 Å². The highest BCUT2D eigenvalue weighted by Gasteiger charge is 2.17. The summed E-state index contributed by atoms with van der Waals surface area (Å²) < 4.78 is 23.6. The molecule has 0 fully saturated rings. The molecule has 100 valence electrons. The van der Waals surface area contributed by atoms with Gasteiger partial charge in [0.25, 0.3) is 0 Å². The molecule has 0 radical (unpaired) electrons. The van der Waals surface area contributed by atoms with E-state index in [0.717, 1.165) is 17.6 Å². The minimum absolute atomic E-state index is 0.0933. The van der Waals surface area contributed by atoms with Gasteiger partial charge in [-0.15, -0.1) is 11.3 Å². The molecule has 0 atom stereocenters. The van der Waals surface area contributed by atoms with Crippen molar-refractivity contribution in [2.24, 2.45) is 0 Å². The van der Waals surface area contributed by atoms with Crippen LogP contribution in [0.1, 0.15) is 15.9 Å². The summed E-state index contributed by atoms with van der Waals surface area (Å²) in [5.74, 6) is -0.348. The first-order chi connectivity index (χ1) is 8.79. The van der Waals surface area contributed by atoms with E-state index in [0.29, 0.717) is 8.67 Å². The molecule has 3 nitrogen and oxygen atoms in total. The average molecular weight is 335 g/mol. The molecular weight excluding hydrogens is 327 g/mol. The van der Waals surface area contributed by atoms with Gasteiger partial charge in [0, 0.05) is 11.8 Å². The van der Waals surface area contributed by atoms with Crippen LogP contribution in [0.4, 0.5) is 0 Å². The zero-order chi connectivity index (χ0) is 14.2. The molecule has 0 saturated heterocycles. The maximum Gasteiger partial charge on any atom is 0.195 e. The summed E-state index contributed by atoms with van der Waals surface area (Å²) >= 11 is 12.8. The van der Waals surface area contributed by atoms with Crippen molar-refractivity contribution in [1.29, 1.82) is 0 Å². The highest BCUT2D eigenvalue weighted by atomic mass is 35.5. The molecule has 2 aromatic rings. The van der Waals surface area contributed by atoms with Crippen LogP contribution < -0.4 is 0 Å². The minimum Gasteiger partial charge on any atom is -0.289 e. The normalized spacial score (nSPS) is 11.5. The Morgan fingerprint density at radius 3 is 2.42 bits per heavy atom. The number of carbonyl (C=O) groups is 1. The SMILES string of the molecule is CS(=O)(=O)c1cccc(C(=O)c2cc(Cl)sc2Cl)c1. The first-order valence-corrected chi connectivity index (χ1v) is 8.55. The predicted octanol–water partition coefficient (Wildman–Crippen LogP) is 3.69. The molecule has 0 aliphatic heterocycles. The second-order valence-corrected chi connectivity index (χ2v) is 8.17. The molecule has 0 bridgehead atoms. The number of halogens is 2. The maximum atomic E-state index is 12.2. The van der Waals surface area contributed by atoms with Gasteiger partial charge in [-0.05, 0) is 18.2 Å². The molecule has 7 heteroatoms. The molecule has 19 heavy (non-hydrogen) atoms. The van der Waals surface area contributed by atoms with Gasteiger partial charge in [0.05, 0.1) is 14.8 Å². The number of ketones is 1. The highest BCUT2D eigenvalue weighted by molar-refractivity contribution is 7.90. The van der Waals surface area contributed by atoms with E-state index in [4.69, 9.17) is 23.2 Å². The Morgan fingerprint density at radius 2 is 1.89 bits per heavy atom. The molecule has 0 unspecified atom stereocenters. The molecule has 2 rings (SSSR count). The van der Waals surface area contributed by atoms with Gasteiger partial charge in [-0.3, -0.25) is 4.79 Å². The largest absolute Gasteiger partial charge is 0.289 e. The van der Waals surface area contributed by atoms with Crippen molar-refractivity contribution in [3.8, 4) is 0 Å². The zero-order valence-corrected chi connectivity index (χ0v) is 12.8. The van der Waals surface area contributed by atoms with Crippen LogP contribution in [0.2, 0.25) is 8.67 Å². The molecule has 0 N–H and O–H groups in total. The number of thiophene rings is 1. The van der Waals surface area contributed by atoms with Gasteiger partial charge in [0.15, 0.2) is 15.6 Å². The van der Waals surface area contributed by atoms with Crippen LogP contribution in [0.3, 0.4) is 0 Å². The van der Waals surface area contributed by atoms with E-state index >= 15 is 0 Å². The van der Waals surface area contributed by atoms with Crippen LogP contribution in [0.15, 0.2) is 35.2 Å². The summed E-state index contributed by atoms with van der Waals surface area (Å²) in [5, 5.41) is 0. The summed E-state index contributed by atoms with van der Waals surface area (Å²) in [5.41, 5.74) is 0.543. The smallest absolute Gasteiger partial charge is 0.195 e. The standard InChI is InChI=1S/C12H8Cl2O3S2/c1-19(16,17)8-4-2-3-7(5-8)11(15)9-6-10(13)18-12(9)14/h2-6H,1H3. The molecule has 0 aliphatic rings. The van der Waals surface area contributed by atoms with Crippen LogP contribution in [0.5, 0.6) is 0 Å². The second kappa shape index (κ2) is 5.25. The average Bonchev–Trinajstić information content (AvgIpc) is 2.66. The third-order valence-corrected chi connectivity index (χ3v) is 5.02. The van der Waals surface area contributed by atoms with E-state index < -0.39 is 9.84 Å². The molecule has 0 spiro atoms. The maximum absolute atomic E-state index is 12.2. The predicted molar refractivity (Wildman–Crippen MR) is 77.3 cm³/mol. The molecule has 1 aromatic carbocycles. The lowest BCUT2D eigenvalue weighted by Gasteiger charge is -2.02. The van der Waals surface area contributed by atoms with E-state index in [1.165, 1.54) is 24.3 Å². The first kappa shape index (κ1) is 14.5. The van der Waals surface area contributed by atoms with Gasteiger partial charge in [-0.25, -0.2) is 8.42 Å². The third kappa shape index (κ3) is 3.17. The monoisotopic (exact) mass is 334 g/mol.